The van der Waals surface area contributed by atoms with Gasteiger partial charge < -0.3 is 10.4 Å². The third-order valence-corrected chi connectivity index (χ3v) is 2.57. The molecular formula is C12H18N2O3. The van der Waals surface area contributed by atoms with Crippen LogP contribution in [0.25, 0.3) is 0 Å². The van der Waals surface area contributed by atoms with Gasteiger partial charge in [-0.3, -0.25) is 10.1 Å². The summed E-state index contributed by atoms with van der Waals surface area (Å²) < 4.78 is 0. The number of nitrogens with zero attached hydrogens (tertiary/aromatic N) is 1. The van der Waals surface area contributed by atoms with Gasteiger partial charge >= 0.3 is 0 Å². The molecule has 1 unspecified atom stereocenters. The third-order valence-electron chi connectivity index (χ3n) is 2.57. The molecule has 5 nitrogen and oxygen atoms in total. The van der Waals surface area contributed by atoms with E-state index in [2.05, 4.69) is 12.2 Å². The maximum absolute atomic E-state index is 10.8. The van der Waals surface area contributed by atoms with Crippen molar-refractivity contribution in [3.8, 4) is 5.75 Å². The van der Waals surface area contributed by atoms with Crippen molar-refractivity contribution in [1.29, 1.82) is 0 Å². The van der Waals surface area contributed by atoms with Crippen LogP contribution in [0.5, 0.6) is 5.75 Å². The zero-order chi connectivity index (χ0) is 12.8. The summed E-state index contributed by atoms with van der Waals surface area (Å²) >= 11 is 0. The largest absolute Gasteiger partial charge is 0.508 e. The second kappa shape index (κ2) is 6.08. The Hall–Kier alpha value is -1.78. The van der Waals surface area contributed by atoms with E-state index >= 15 is 0 Å². The van der Waals surface area contributed by atoms with E-state index in [4.69, 9.17) is 0 Å². The van der Waals surface area contributed by atoms with E-state index in [1.54, 1.807) is 0 Å². The van der Waals surface area contributed by atoms with Gasteiger partial charge in [0, 0.05) is 6.04 Å². The summed E-state index contributed by atoms with van der Waals surface area (Å²) in [5, 5.41) is 23.2. The molecule has 1 rings (SSSR count). The van der Waals surface area contributed by atoms with Gasteiger partial charge in [0.15, 0.2) is 0 Å². The number of nitro benzene ring substituents is 1. The van der Waals surface area contributed by atoms with Crippen LogP contribution in [0.1, 0.15) is 33.1 Å². The summed E-state index contributed by atoms with van der Waals surface area (Å²) in [4.78, 5) is 10.3. The fraction of sp³-hybridized carbons (Fsp3) is 0.500. The Morgan fingerprint density at radius 3 is 2.82 bits per heavy atom. The average Bonchev–Trinajstić information content (AvgIpc) is 2.28. The van der Waals surface area contributed by atoms with Gasteiger partial charge in [-0.15, -0.1) is 0 Å². The molecule has 1 aromatic rings. The van der Waals surface area contributed by atoms with Gasteiger partial charge in [0.25, 0.3) is 5.69 Å². The second-order valence-electron chi connectivity index (χ2n) is 4.15. The number of rotatable bonds is 6. The molecule has 0 saturated heterocycles. The minimum atomic E-state index is -0.491. The molecule has 94 valence electrons. The lowest BCUT2D eigenvalue weighted by atomic mass is 10.1. The monoisotopic (exact) mass is 238 g/mol. The molecule has 0 saturated carbocycles. The summed E-state index contributed by atoms with van der Waals surface area (Å²) in [5.41, 5.74) is 0.366. The summed E-state index contributed by atoms with van der Waals surface area (Å²) in [5.74, 6) is -0.0940. The van der Waals surface area contributed by atoms with Crippen LogP contribution in [0, 0.1) is 10.1 Å². The molecule has 0 aliphatic heterocycles. The lowest BCUT2D eigenvalue weighted by Crippen LogP contribution is -2.15. The van der Waals surface area contributed by atoms with Crippen LogP contribution >= 0.6 is 0 Å². The highest BCUT2D eigenvalue weighted by Gasteiger charge is 2.15. The molecule has 17 heavy (non-hydrogen) atoms. The van der Waals surface area contributed by atoms with Crippen LogP contribution in [0.4, 0.5) is 11.4 Å². The Morgan fingerprint density at radius 2 is 2.24 bits per heavy atom. The summed E-state index contributed by atoms with van der Waals surface area (Å²) in [7, 11) is 0. The van der Waals surface area contributed by atoms with Crippen molar-refractivity contribution in [2.75, 3.05) is 5.32 Å². The van der Waals surface area contributed by atoms with E-state index in [0.717, 1.165) is 25.3 Å². The second-order valence-corrected chi connectivity index (χ2v) is 4.15. The Kier molecular flexibility index (Phi) is 4.75. The molecule has 1 atom stereocenters. The lowest BCUT2D eigenvalue weighted by molar-refractivity contribution is -0.384. The number of phenolic OH excluding ortho intramolecular Hbond substituents is 1. The van der Waals surface area contributed by atoms with Crippen LogP contribution in [-0.2, 0) is 0 Å². The van der Waals surface area contributed by atoms with Crippen LogP contribution in [0.3, 0.4) is 0 Å². The van der Waals surface area contributed by atoms with Crippen LogP contribution in [0.2, 0.25) is 0 Å². The first-order chi connectivity index (χ1) is 8.04. The standard InChI is InChI=1S/C12H18N2O3/c1-3-4-5-9(2)13-11-7-6-10(15)8-12(11)14(16)17/h6-9,13,15H,3-5H2,1-2H3. The fourth-order valence-electron chi connectivity index (χ4n) is 1.64. The van der Waals surface area contributed by atoms with E-state index < -0.39 is 4.92 Å². The van der Waals surface area contributed by atoms with Crippen molar-refractivity contribution >= 4 is 11.4 Å². The van der Waals surface area contributed by atoms with Gasteiger partial charge in [-0.1, -0.05) is 19.8 Å². The Morgan fingerprint density at radius 1 is 1.53 bits per heavy atom. The predicted octanol–water partition coefficient (Wildman–Crippen LogP) is 3.29. The lowest BCUT2D eigenvalue weighted by Gasteiger charge is -2.14. The SMILES string of the molecule is CCCCC(C)Nc1ccc(O)cc1[N+](=O)[O-]. The van der Waals surface area contributed by atoms with Crippen molar-refractivity contribution in [3.63, 3.8) is 0 Å². The highest BCUT2D eigenvalue weighted by atomic mass is 16.6. The third kappa shape index (κ3) is 3.94. The molecule has 0 radical (unpaired) electrons. The topological polar surface area (TPSA) is 75.4 Å². The van der Waals surface area contributed by atoms with E-state index in [0.29, 0.717) is 5.69 Å². The molecule has 0 bridgehead atoms. The number of anilines is 1. The number of nitrogens with one attached hydrogen (secondary N) is 1. The number of benzene rings is 1. The molecule has 0 amide bonds. The molecule has 2 N–H and O–H groups in total. The zero-order valence-electron chi connectivity index (χ0n) is 10.1. The van der Waals surface area contributed by atoms with E-state index in [1.807, 2.05) is 6.92 Å². The van der Waals surface area contributed by atoms with Crippen molar-refractivity contribution in [2.24, 2.45) is 0 Å². The molecule has 0 heterocycles. The van der Waals surface area contributed by atoms with Crippen molar-refractivity contribution < 1.29 is 10.0 Å². The maximum Gasteiger partial charge on any atom is 0.296 e. The quantitative estimate of drug-likeness (QED) is 0.453. The van der Waals surface area contributed by atoms with E-state index in [-0.39, 0.29) is 17.5 Å². The van der Waals surface area contributed by atoms with Gasteiger partial charge in [0.1, 0.15) is 11.4 Å². The Balaban J connectivity index is 2.79. The van der Waals surface area contributed by atoms with Crippen LogP contribution < -0.4 is 5.32 Å². The highest BCUT2D eigenvalue weighted by molar-refractivity contribution is 5.64. The average molecular weight is 238 g/mol. The van der Waals surface area contributed by atoms with E-state index in [9.17, 15) is 15.2 Å². The molecule has 0 spiro atoms. The number of aromatic hydroxyl groups is 1. The number of phenols is 1. The first-order valence-corrected chi connectivity index (χ1v) is 5.78. The van der Waals surface area contributed by atoms with Crippen molar-refractivity contribution in [3.05, 3.63) is 28.3 Å². The van der Waals surface area contributed by atoms with Crippen LogP contribution in [0.15, 0.2) is 18.2 Å². The predicted molar refractivity (Wildman–Crippen MR) is 67.4 cm³/mol. The minimum absolute atomic E-state index is 0.0895. The van der Waals surface area contributed by atoms with Crippen molar-refractivity contribution in [2.45, 2.75) is 39.2 Å². The minimum Gasteiger partial charge on any atom is -0.508 e. The number of hydrogen-bond donors (Lipinski definition) is 2. The highest BCUT2D eigenvalue weighted by Crippen LogP contribution is 2.29. The van der Waals surface area contributed by atoms with Gasteiger partial charge in [-0.05, 0) is 25.5 Å². The summed E-state index contributed by atoms with van der Waals surface area (Å²) in [6.45, 7) is 4.10. The number of unbranched alkanes of at least 4 members (excludes halogenated alkanes) is 1. The van der Waals surface area contributed by atoms with Crippen LogP contribution in [-0.4, -0.2) is 16.1 Å². The molecule has 0 fully saturated rings. The smallest absolute Gasteiger partial charge is 0.296 e. The van der Waals surface area contributed by atoms with Gasteiger partial charge in [0.05, 0.1) is 11.0 Å². The molecule has 1 aromatic carbocycles. The fourth-order valence-corrected chi connectivity index (χ4v) is 1.64. The summed E-state index contributed by atoms with van der Waals surface area (Å²) in [6.07, 6.45) is 3.15. The summed E-state index contributed by atoms with van der Waals surface area (Å²) in [6, 6.07) is 4.32. The Labute approximate surface area is 101 Å². The van der Waals surface area contributed by atoms with Gasteiger partial charge in [-0.25, -0.2) is 0 Å². The molecular weight excluding hydrogens is 220 g/mol. The zero-order valence-corrected chi connectivity index (χ0v) is 10.1. The number of nitro groups is 1. The van der Waals surface area contributed by atoms with Crippen molar-refractivity contribution in [1.82, 2.24) is 0 Å². The first kappa shape index (κ1) is 13.3. The first-order valence-electron chi connectivity index (χ1n) is 5.78. The number of hydrogen-bond acceptors (Lipinski definition) is 4. The van der Waals surface area contributed by atoms with E-state index in [1.165, 1.54) is 12.1 Å². The van der Waals surface area contributed by atoms with Gasteiger partial charge in [-0.2, -0.15) is 0 Å². The van der Waals surface area contributed by atoms with Gasteiger partial charge in [0.2, 0.25) is 0 Å². The molecule has 5 heteroatoms. The maximum atomic E-state index is 10.8. The molecule has 0 aromatic heterocycles. The molecule has 0 aliphatic carbocycles. The Bertz CT molecular complexity index is 393. The molecule has 0 aliphatic rings. The normalized spacial score (nSPS) is 12.1.